The molecule has 0 aliphatic carbocycles. The van der Waals surface area contributed by atoms with Crippen molar-refractivity contribution in [2.75, 3.05) is 38.0 Å². The highest BCUT2D eigenvalue weighted by molar-refractivity contribution is 5.93. The number of nitro groups is 1. The van der Waals surface area contributed by atoms with E-state index in [1.165, 1.54) is 13.0 Å². The number of hydrogen-bond donors (Lipinski definition) is 1. The molecule has 0 saturated carbocycles. The number of rotatable bonds is 5. The molecule has 1 saturated heterocycles. The molecule has 1 N–H and O–H groups in total. The maximum Gasteiger partial charge on any atom is 0.311 e. The monoisotopic (exact) mass is 383 g/mol. The van der Waals surface area contributed by atoms with Gasteiger partial charge >= 0.3 is 5.69 Å². The lowest BCUT2D eigenvalue weighted by Crippen LogP contribution is -2.49. The van der Waals surface area contributed by atoms with Gasteiger partial charge in [-0.3, -0.25) is 24.6 Å². The molecule has 1 aliphatic heterocycles. The standard InChI is InChI=1S/C19H21N5O4/c1-14(25)23-11-9-22(10-12-23)13-18(26)21-19-17(24(27)28)8-7-16(20-19)15-5-3-2-4-6-15/h2-8H,9-13H2,1H3,(H,20,21,26). The highest BCUT2D eigenvalue weighted by Gasteiger charge is 2.23. The first-order chi connectivity index (χ1) is 13.4. The summed E-state index contributed by atoms with van der Waals surface area (Å²) in [5, 5.41) is 13.9. The molecule has 0 unspecified atom stereocenters. The molecule has 0 spiro atoms. The number of anilines is 1. The first kappa shape index (κ1) is 19.4. The zero-order valence-electron chi connectivity index (χ0n) is 15.5. The molecule has 9 nitrogen and oxygen atoms in total. The van der Waals surface area contributed by atoms with Gasteiger partial charge in [-0.1, -0.05) is 30.3 Å². The van der Waals surface area contributed by atoms with Crippen LogP contribution in [0.5, 0.6) is 0 Å². The Balaban J connectivity index is 1.71. The maximum atomic E-state index is 12.4. The molecule has 3 rings (SSSR count). The van der Waals surface area contributed by atoms with Gasteiger partial charge in [0.15, 0.2) is 0 Å². The average molecular weight is 383 g/mol. The van der Waals surface area contributed by atoms with E-state index in [0.29, 0.717) is 31.9 Å². The number of carbonyl (C=O) groups is 2. The van der Waals surface area contributed by atoms with Gasteiger partial charge in [-0.2, -0.15) is 0 Å². The fourth-order valence-electron chi connectivity index (χ4n) is 3.06. The summed E-state index contributed by atoms with van der Waals surface area (Å²) in [6.07, 6.45) is 0. The van der Waals surface area contributed by atoms with Crippen molar-refractivity contribution in [2.45, 2.75) is 6.92 Å². The van der Waals surface area contributed by atoms with E-state index in [2.05, 4.69) is 10.3 Å². The zero-order chi connectivity index (χ0) is 20.1. The van der Waals surface area contributed by atoms with Crippen LogP contribution in [0.15, 0.2) is 42.5 Å². The van der Waals surface area contributed by atoms with Crippen molar-refractivity contribution in [3.63, 3.8) is 0 Å². The molecule has 1 fully saturated rings. The minimum absolute atomic E-state index is 0.0154. The third kappa shape index (κ3) is 4.68. The van der Waals surface area contributed by atoms with Gasteiger partial charge in [0.05, 0.1) is 17.2 Å². The number of piperazine rings is 1. The van der Waals surface area contributed by atoms with Crippen LogP contribution in [0.3, 0.4) is 0 Å². The molecule has 28 heavy (non-hydrogen) atoms. The second-order valence-electron chi connectivity index (χ2n) is 6.52. The molecule has 0 radical (unpaired) electrons. The van der Waals surface area contributed by atoms with E-state index in [4.69, 9.17) is 0 Å². The Morgan fingerprint density at radius 3 is 2.39 bits per heavy atom. The van der Waals surface area contributed by atoms with Crippen molar-refractivity contribution >= 4 is 23.3 Å². The lowest BCUT2D eigenvalue weighted by Gasteiger charge is -2.33. The smallest absolute Gasteiger partial charge is 0.311 e. The number of aromatic nitrogens is 1. The van der Waals surface area contributed by atoms with E-state index in [1.807, 2.05) is 35.2 Å². The van der Waals surface area contributed by atoms with Crippen molar-refractivity contribution in [3.05, 3.63) is 52.6 Å². The van der Waals surface area contributed by atoms with Crippen molar-refractivity contribution in [2.24, 2.45) is 0 Å². The van der Waals surface area contributed by atoms with Crippen LogP contribution < -0.4 is 5.32 Å². The second-order valence-corrected chi connectivity index (χ2v) is 6.52. The minimum atomic E-state index is -0.566. The van der Waals surface area contributed by atoms with Crippen LogP contribution in [-0.4, -0.2) is 64.2 Å². The zero-order valence-corrected chi connectivity index (χ0v) is 15.5. The predicted molar refractivity (Wildman–Crippen MR) is 104 cm³/mol. The van der Waals surface area contributed by atoms with Crippen LogP contribution in [0, 0.1) is 10.1 Å². The van der Waals surface area contributed by atoms with E-state index in [9.17, 15) is 19.7 Å². The molecule has 146 valence electrons. The second kappa shape index (κ2) is 8.57. The third-order valence-corrected chi connectivity index (χ3v) is 4.58. The third-order valence-electron chi connectivity index (χ3n) is 4.58. The Morgan fingerprint density at radius 2 is 1.79 bits per heavy atom. The fourth-order valence-corrected chi connectivity index (χ4v) is 3.06. The molecule has 2 aromatic rings. The van der Waals surface area contributed by atoms with E-state index >= 15 is 0 Å². The molecule has 0 bridgehead atoms. The molecular weight excluding hydrogens is 362 g/mol. The fraction of sp³-hybridized carbons (Fsp3) is 0.316. The highest BCUT2D eigenvalue weighted by Crippen LogP contribution is 2.26. The van der Waals surface area contributed by atoms with Crippen molar-refractivity contribution in [1.29, 1.82) is 0 Å². The summed E-state index contributed by atoms with van der Waals surface area (Å²) < 4.78 is 0. The first-order valence-corrected chi connectivity index (χ1v) is 8.92. The van der Waals surface area contributed by atoms with Crippen LogP contribution in [0.25, 0.3) is 11.3 Å². The lowest BCUT2D eigenvalue weighted by molar-refractivity contribution is -0.384. The van der Waals surface area contributed by atoms with Gasteiger partial charge in [0.2, 0.25) is 17.6 Å². The van der Waals surface area contributed by atoms with Crippen LogP contribution in [0.2, 0.25) is 0 Å². The van der Waals surface area contributed by atoms with Crippen molar-refractivity contribution in [3.8, 4) is 11.3 Å². The number of hydrogen-bond acceptors (Lipinski definition) is 6. The largest absolute Gasteiger partial charge is 0.340 e. The Bertz CT molecular complexity index is 879. The number of amides is 2. The minimum Gasteiger partial charge on any atom is -0.340 e. The topological polar surface area (TPSA) is 109 Å². The molecule has 1 aromatic carbocycles. The number of nitrogens with zero attached hydrogens (tertiary/aromatic N) is 4. The summed E-state index contributed by atoms with van der Waals surface area (Å²) in [6.45, 7) is 3.88. The summed E-state index contributed by atoms with van der Waals surface area (Å²) in [4.78, 5) is 42.5. The number of pyridine rings is 1. The van der Waals surface area contributed by atoms with E-state index in [-0.39, 0.29) is 29.9 Å². The van der Waals surface area contributed by atoms with E-state index in [0.717, 1.165) is 5.56 Å². The predicted octanol–water partition coefficient (Wildman–Crippen LogP) is 1.76. The maximum absolute atomic E-state index is 12.4. The molecule has 2 heterocycles. The first-order valence-electron chi connectivity index (χ1n) is 8.92. The molecule has 1 aliphatic rings. The average Bonchev–Trinajstić information content (AvgIpc) is 2.68. The van der Waals surface area contributed by atoms with Gasteiger partial charge in [0.25, 0.3) is 0 Å². The number of nitrogens with one attached hydrogen (secondary N) is 1. The van der Waals surface area contributed by atoms with Gasteiger partial charge in [-0.25, -0.2) is 4.98 Å². The van der Waals surface area contributed by atoms with Gasteiger partial charge in [-0.05, 0) is 6.07 Å². The van der Waals surface area contributed by atoms with Crippen LogP contribution in [-0.2, 0) is 9.59 Å². The van der Waals surface area contributed by atoms with Gasteiger partial charge in [0.1, 0.15) is 0 Å². The van der Waals surface area contributed by atoms with Crippen LogP contribution >= 0.6 is 0 Å². The van der Waals surface area contributed by atoms with E-state index in [1.54, 1.807) is 11.0 Å². The summed E-state index contributed by atoms with van der Waals surface area (Å²) in [5.41, 5.74) is 1.08. The molecule has 9 heteroatoms. The number of carbonyl (C=O) groups excluding carboxylic acids is 2. The SMILES string of the molecule is CC(=O)N1CCN(CC(=O)Nc2nc(-c3ccccc3)ccc2[N+](=O)[O-])CC1. The Hall–Kier alpha value is -3.33. The molecule has 2 amide bonds. The van der Waals surface area contributed by atoms with Crippen LogP contribution in [0.4, 0.5) is 11.5 Å². The van der Waals surface area contributed by atoms with Crippen molar-refractivity contribution in [1.82, 2.24) is 14.8 Å². The van der Waals surface area contributed by atoms with Crippen LogP contribution in [0.1, 0.15) is 6.92 Å². The molecular formula is C19H21N5O4. The van der Waals surface area contributed by atoms with Gasteiger partial charge in [0, 0.05) is 44.7 Å². The lowest BCUT2D eigenvalue weighted by atomic mass is 10.1. The van der Waals surface area contributed by atoms with Crippen molar-refractivity contribution < 1.29 is 14.5 Å². The van der Waals surface area contributed by atoms with Gasteiger partial charge < -0.3 is 10.2 Å². The van der Waals surface area contributed by atoms with Gasteiger partial charge in [-0.15, -0.1) is 0 Å². The summed E-state index contributed by atoms with van der Waals surface area (Å²) >= 11 is 0. The Morgan fingerprint density at radius 1 is 1.11 bits per heavy atom. The number of benzene rings is 1. The highest BCUT2D eigenvalue weighted by atomic mass is 16.6. The Labute approximate surface area is 162 Å². The van der Waals surface area contributed by atoms with E-state index < -0.39 is 4.92 Å². The summed E-state index contributed by atoms with van der Waals surface area (Å²) in [6, 6.07) is 12.1. The normalized spacial score (nSPS) is 14.5. The summed E-state index contributed by atoms with van der Waals surface area (Å²) in [5.74, 6) is -0.433. The molecule has 1 aromatic heterocycles. The summed E-state index contributed by atoms with van der Waals surface area (Å²) in [7, 11) is 0. The molecule has 0 atom stereocenters. The quantitative estimate of drug-likeness (QED) is 0.622. The Kier molecular flexibility index (Phi) is 5.95.